The molecule has 1 saturated heterocycles. The van der Waals surface area contributed by atoms with Crippen molar-refractivity contribution in [2.45, 2.75) is 6.54 Å². The molecule has 0 bridgehead atoms. The van der Waals surface area contributed by atoms with E-state index in [9.17, 15) is 4.79 Å². The highest BCUT2D eigenvalue weighted by Gasteiger charge is 2.25. The van der Waals surface area contributed by atoms with Crippen LogP contribution in [0.3, 0.4) is 0 Å². The van der Waals surface area contributed by atoms with Gasteiger partial charge in [0, 0.05) is 43.0 Å². The lowest BCUT2D eigenvalue weighted by molar-refractivity contribution is 0.0625. The quantitative estimate of drug-likeness (QED) is 0.780. The Morgan fingerprint density at radius 3 is 2.71 bits per heavy atom. The van der Waals surface area contributed by atoms with Crippen LogP contribution < -0.4 is 0 Å². The minimum Gasteiger partial charge on any atom is -0.335 e. The molecule has 1 amide bonds. The number of aromatic amines is 1. The summed E-state index contributed by atoms with van der Waals surface area (Å²) >= 11 is 7.60. The molecule has 1 fully saturated rings. The van der Waals surface area contributed by atoms with Crippen LogP contribution in [-0.2, 0) is 6.54 Å². The lowest BCUT2D eigenvalue weighted by Gasteiger charge is -2.34. The summed E-state index contributed by atoms with van der Waals surface area (Å²) in [6.45, 7) is 4.07. The third-order valence-electron chi connectivity index (χ3n) is 4.34. The number of thiophene rings is 1. The van der Waals surface area contributed by atoms with Crippen molar-refractivity contribution in [3.8, 4) is 0 Å². The van der Waals surface area contributed by atoms with Crippen LogP contribution in [0, 0.1) is 0 Å². The molecule has 1 aromatic carbocycles. The third kappa shape index (κ3) is 3.05. The number of rotatable bonds is 3. The molecular weight excluding hydrogens is 344 g/mol. The summed E-state index contributed by atoms with van der Waals surface area (Å²) in [6, 6.07) is 11.7. The Balaban J connectivity index is 1.41. The topological polar surface area (TPSA) is 52.2 Å². The van der Waals surface area contributed by atoms with Crippen molar-refractivity contribution in [3.63, 3.8) is 0 Å². The number of halogens is 1. The van der Waals surface area contributed by atoms with Crippen molar-refractivity contribution in [3.05, 3.63) is 51.3 Å². The molecule has 1 aliphatic rings. The number of piperazine rings is 1. The largest absolute Gasteiger partial charge is 0.335 e. The molecule has 0 aliphatic carbocycles. The molecule has 7 heteroatoms. The van der Waals surface area contributed by atoms with Gasteiger partial charge in [-0.15, -0.1) is 11.3 Å². The van der Waals surface area contributed by atoms with Gasteiger partial charge < -0.3 is 4.90 Å². The molecule has 4 rings (SSSR count). The predicted molar refractivity (Wildman–Crippen MR) is 96.6 cm³/mol. The number of aromatic nitrogens is 2. The van der Waals surface area contributed by atoms with E-state index in [2.05, 4.69) is 21.2 Å². The Kier molecular flexibility index (Phi) is 4.26. The Morgan fingerprint density at radius 2 is 1.96 bits per heavy atom. The molecule has 2 aromatic heterocycles. The number of carbonyl (C=O) groups excluding carboxylic acids is 1. The summed E-state index contributed by atoms with van der Waals surface area (Å²) in [5, 5.41) is 8.04. The van der Waals surface area contributed by atoms with E-state index in [0.29, 0.717) is 5.69 Å². The van der Waals surface area contributed by atoms with Crippen molar-refractivity contribution in [2.75, 3.05) is 26.2 Å². The van der Waals surface area contributed by atoms with Crippen LogP contribution in [0.15, 0.2) is 36.4 Å². The van der Waals surface area contributed by atoms with Crippen LogP contribution >= 0.6 is 22.9 Å². The van der Waals surface area contributed by atoms with Gasteiger partial charge in [-0.1, -0.05) is 29.8 Å². The van der Waals surface area contributed by atoms with Crippen LogP contribution in [0.2, 0.25) is 4.34 Å². The molecule has 24 heavy (non-hydrogen) atoms. The summed E-state index contributed by atoms with van der Waals surface area (Å²) in [6.07, 6.45) is 0. The van der Waals surface area contributed by atoms with Gasteiger partial charge in [0.15, 0.2) is 5.69 Å². The minimum atomic E-state index is 0.00580. The minimum absolute atomic E-state index is 0.00580. The van der Waals surface area contributed by atoms with Gasteiger partial charge in [0.2, 0.25) is 0 Å². The van der Waals surface area contributed by atoms with Crippen LogP contribution in [0.5, 0.6) is 0 Å². The van der Waals surface area contributed by atoms with Gasteiger partial charge in [0.25, 0.3) is 5.91 Å². The van der Waals surface area contributed by atoms with Gasteiger partial charge in [-0.3, -0.25) is 14.8 Å². The highest BCUT2D eigenvalue weighted by Crippen LogP contribution is 2.23. The van der Waals surface area contributed by atoms with Crippen molar-refractivity contribution in [1.82, 2.24) is 20.0 Å². The highest BCUT2D eigenvalue weighted by atomic mass is 35.5. The van der Waals surface area contributed by atoms with E-state index in [1.165, 1.54) is 4.88 Å². The number of fused-ring (bicyclic) bond motifs is 1. The highest BCUT2D eigenvalue weighted by molar-refractivity contribution is 7.16. The zero-order valence-corrected chi connectivity index (χ0v) is 14.6. The maximum Gasteiger partial charge on any atom is 0.275 e. The van der Waals surface area contributed by atoms with Crippen LogP contribution in [0.4, 0.5) is 0 Å². The molecule has 0 unspecified atom stereocenters. The van der Waals surface area contributed by atoms with Crippen molar-refractivity contribution >= 4 is 39.7 Å². The molecule has 3 heterocycles. The first kappa shape index (κ1) is 15.6. The predicted octanol–water partition coefficient (Wildman–Crippen LogP) is 3.24. The van der Waals surface area contributed by atoms with E-state index in [0.717, 1.165) is 48.0 Å². The van der Waals surface area contributed by atoms with E-state index in [1.54, 1.807) is 11.3 Å². The molecule has 3 aromatic rings. The van der Waals surface area contributed by atoms with Crippen molar-refractivity contribution < 1.29 is 4.79 Å². The van der Waals surface area contributed by atoms with Crippen LogP contribution in [-0.4, -0.2) is 52.1 Å². The molecule has 1 aliphatic heterocycles. The smallest absolute Gasteiger partial charge is 0.275 e. The SMILES string of the molecule is O=C(c1n[nH]c2ccccc12)N1CCN(Cc2ccc(Cl)s2)CC1. The number of nitrogens with one attached hydrogen (secondary N) is 1. The number of benzene rings is 1. The number of para-hydroxylation sites is 1. The fourth-order valence-electron chi connectivity index (χ4n) is 3.04. The van der Waals surface area contributed by atoms with E-state index in [4.69, 9.17) is 11.6 Å². The van der Waals surface area contributed by atoms with Crippen molar-refractivity contribution in [2.24, 2.45) is 0 Å². The van der Waals surface area contributed by atoms with Gasteiger partial charge in [0.05, 0.1) is 9.85 Å². The fraction of sp³-hybridized carbons (Fsp3) is 0.294. The lowest BCUT2D eigenvalue weighted by Crippen LogP contribution is -2.48. The molecule has 124 valence electrons. The molecule has 0 radical (unpaired) electrons. The average molecular weight is 361 g/mol. The number of amides is 1. The van der Waals surface area contributed by atoms with Gasteiger partial charge >= 0.3 is 0 Å². The number of hydrogen-bond donors (Lipinski definition) is 1. The average Bonchev–Trinajstić information content (AvgIpc) is 3.21. The van der Waals surface area contributed by atoms with E-state index in [1.807, 2.05) is 35.2 Å². The first-order valence-corrected chi connectivity index (χ1v) is 9.09. The summed E-state index contributed by atoms with van der Waals surface area (Å²) in [7, 11) is 0. The summed E-state index contributed by atoms with van der Waals surface area (Å²) < 4.78 is 0.823. The maximum atomic E-state index is 12.8. The summed E-state index contributed by atoms with van der Waals surface area (Å²) in [4.78, 5) is 18.3. The zero-order chi connectivity index (χ0) is 16.5. The number of nitrogens with zero attached hydrogens (tertiary/aromatic N) is 3. The Labute approximate surface area is 148 Å². The molecule has 5 nitrogen and oxygen atoms in total. The van der Waals surface area contributed by atoms with E-state index in [-0.39, 0.29) is 5.91 Å². The Morgan fingerprint density at radius 1 is 1.17 bits per heavy atom. The first-order valence-electron chi connectivity index (χ1n) is 7.89. The fourth-order valence-corrected chi connectivity index (χ4v) is 4.17. The van der Waals surface area contributed by atoms with Gasteiger partial charge in [-0.2, -0.15) is 5.10 Å². The second kappa shape index (κ2) is 6.55. The second-order valence-corrected chi connectivity index (χ2v) is 7.69. The standard InChI is InChI=1S/C17H17ClN4OS/c18-15-6-5-12(24-15)11-21-7-9-22(10-8-21)17(23)16-13-3-1-2-4-14(13)19-20-16/h1-6H,7-11H2,(H,19,20). The Bertz CT molecular complexity index is 866. The lowest BCUT2D eigenvalue weighted by atomic mass is 10.2. The molecule has 0 spiro atoms. The Hall–Kier alpha value is -1.89. The summed E-state index contributed by atoms with van der Waals surface area (Å²) in [5.41, 5.74) is 1.41. The van der Waals surface area contributed by atoms with Gasteiger partial charge in [0.1, 0.15) is 0 Å². The molecule has 0 atom stereocenters. The van der Waals surface area contributed by atoms with Gasteiger partial charge in [-0.05, 0) is 18.2 Å². The maximum absolute atomic E-state index is 12.8. The third-order valence-corrected chi connectivity index (χ3v) is 5.56. The van der Waals surface area contributed by atoms with E-state index >= 15 is 0 Å². The number of H-pyrrole nitrogens is 1. The van der Waals surface area contributed by atoms with Gasteiger partial charge in [-0.25, -0.2) is 0 Å². The molecule has 0 saturated carbocycles. The van der Waals surface area contributed by atoms with E-state index < -0.39 is 0 Å². The summed E-state index contributed by atoms with van der Waals surface area (Å²) in [5.74, 6) is 0.00580. The monoisotopic (exact) mass is 360 g/mol. The van der Waals surface area contributed by atoms with Crippen molar-refractivity contribution in [1.29, 1.82) is 0 Å². The first-order chi connectivity index (χ1) is 11.7. The van der Waals surface area contributed by atoms with Crippen LogP contribution in [0.1, 0.15) is 15.4 Å². The molecular formula is C17H17ClN4OS. The van der Waals surface area contributed by atoms with Crippen LogP contribution in [0.25, 0.3) is 10.9 Å². The molecule has 1 N–H and O–H groups in total. The second-order valence-electron chi connectivity index (χ2n) is 5.89. The normalized spacial score (nSPS) is 16.0. The number of hydrogen-bond acceptors (Lipinski definition) is 4. The zero-order valence-electron chi connectivity index (χ0n) is 13.0. The number of carbonyl (C=O) groups is 1.